The van der Waals surface area contributed by atoms with Gasteiger partial charge in [-0.25, -0.2) is 17.4 Å². The number of rotatable bonds is 8. The Bertz CT molecular complexity index is 2010. The molecule has 2 aliphatic rings. The van der Waals surface area contributed by atoms with Crippen molar-refractivity contribution in [3.63, 3.8) is 0 Å². The molecule has 0 bridgehead atoms. The molecule has 1 unspecified atom stereocenters. The molecule has 3 aromatic heterocycles. The van der Waals surface area contributed by atoms with Crippen LogP contribution in [-0.2, 0) is 14.8 Å². The van der Waals surface area contributed by atoms with Crippen LogP contribution < -0.4 is 10.5 Å². The predicted molar refractivity (Wildman–Crippen MR) is 172 cm³/mol. The van der Waals surface area contributed by atoms with Crippen molar-refractivity contribution < 1.29 is 13.2 Å². The maximum absolute atomic E-state index is 13.9. The third-order valence-corrected chi connectivity index (χ3v) is 10.3. The van der Waals surface area contributed by atoms with Gasteiger partial charge in [0.05, 0.1) is 36.0 Å². The van der Waals surface area contributed by atoms with Gasteiger partial charge < -0.3 is 14.2 Å². The minimum Gasteiger partial charge on any atom is -0.378 e. The molecule has 0 amide bonds. The Morgan fingerprint density at radius 3 is 2.45 bits per heavy atom. The lowest BCUT2D eigenvalue weighted by atomic mass is 10.0. The monoisotopic (exact) mass is 629 g/mol. The van der Waals surface area contributed by atoms with Crippen LogP contribution in [0.4, 0.5) is 5.69 Å². The van der Waals surface area contributed by atoms with Gasteiger partial charge in [0.15, 0.2) is 5.65 Å². The van der Waals surface area contributed by atoms with Crippen LogP contribution >= 0.6 is 11.6 Å². The highest BCUT2D eigenvalue weighted by atomic mass is 35.5. The van der Waals surface area contributed by atoms with E-state index >= 15 is 0 Å². The fourth-order valence-electron chi connectivity index (χ4n) is 5.78. The Kier molecular flexibility index (Phi) is 7.54. The number of nitrogens with zero attached hydrogens (tertiary/aromatic N) is 5. The van der Waals surface area contributed by atoms with Gasteiger partial charge in [0.2, 0.25) is 0 Å². The molecule has 0 spiro atoms. The number of aromatic nitrogens is 3. The van der Waals surface area contributed by atoms with Crippen molar-refractivity contribution in [3.8, 4) is 11.1 Å². The molecule has 0 saturated carbocycles. The first-order chi connectivity index (χ1) is 21.3. The molecule has 0 radical (unpaired) electrons. The maximum Gasteiger partial charge on any atom is 0.269 e. The normalized spacial score (nSPS) is 16.4. The van der Waals surface area contributed by atoms with E-state index in [0.717, 1.165) is 29.9 Å². The molecule has 5 aromatic rings. The molecular weight excluding hydrogens is 598 g/mol. The number of anilines is 1. The van der Waals surface area contributed by atoms with Gasteiger partial charge in [0, 0.05) is 67.2 Å². The maximum atomic E-state index is 13.9. The second-order valence-electron chi connectivity index (χ2n) is 11.4. The predicted octanol–water partition coefficient (Wildman–Crippen LogP) is 4.81. The lowest BCUT2D eigenvalue weighted by Crippen LogP contribution is -2.36. The Balaban J connectivity index is 1.36. The average Bonchev–Trinajstić information content (AvgIpc) is 3.77. The van der Waals surface area contributed by atoms with Gasteiger partial charge in [-0.1, -0.05) is 41.4 Å². The van der Waals surface area contributed by atoms with E-state index in [0.29, 0.717) is 60.0 Å². The van der Waals surface area contributed by atoms with E-state index in [4.69, 9.17) is 16.3 Å². The van der Waals surface area contributed by atoms with Crippen molar-refractivity contribution in [2.24, 2.45) is 0 Å². The van der Waals surface area contributed by atoms with Gasteiger partial charge >= 0.3 is 0 Å². The minimum atomic E-state index is -3.97. The number of aryl methyl sites for hydroxylation is 1. The summed E-state index contributed by atoms with van der Waals surface area (Å²) in [6, 6.07) is 19.6. The minimum absolute atomic E-state index is 0.167. The van der Waals surface area contributed by atoms with Crippen molar-refractivity contribution in [1.82, 2.24) is 18.4 Å². The SMILES string of the molecule is Cc1ccc(S(=O)(=O)n2cc(-c3ccn(C(CN4CC4)c4cccc(Cl)c4)c(=O)c3)c3cc(N4CCOCC4)cnc32)cc1. The summed E-state index contributed by atoms with van der Waals surface area (Å²) in [7, 11) is -3.97. The zero-order valence-electron chi connectivity index (χ0n) is 24.3. The van der Waals surface area contributed by atoms with Crippen LogP contribution in [0.1, 0.15) is 17.2 Å². The van der Waals surface area contributed by atoms with Gasteiger partial charge in [-0.05, 0) is 54.4 Å². The van der Waals surface area contributed by atoms with E-state index in [-0.39, 0.29) is 16.5 Å². The summed E-state index contributed by atoms with van der Waals surface area (Å²) in [6.45, 7) is 7.24. The van der Waals surface area contributed by atoms with Gasteiger partial charge in [0.1, 0.15) is 0 Å². The highest BCUT2D eigenvalue weighted by Crippen LogP contribution is 2.34. The van der Waals surface area contributed by atoms with E-state index in [1.54, 1.807) is 53.5 Å². The van der Waals surface area contributed by atoms with Gasteiger partial charge in [0.25, 0.3) is 15.6 Å². The third-order valence-electron chi connectivity index (χ3n) is 8.35. The van der Waals surface area contributed by atoms with Crippen LogP contribution in [0.3, 0.4) is 0 Å². The molecule has 2 fully saturated rings. The van der Waals surface area contributed by atoms with Crippen LogP contribution in [-0.4, -0.2) is 72.8 Å². The smallest absolute Gasteiger partial charge is 0.269 e. The molecule has 44 heavy (non-hydrogen) atoms. The van der Waals surface area contributed by atoms with E-state index in [1.165, 1.54) is 3.97 Å². The molecule has 2 aromatic carbocycles. The van der Waals surface area contributed by atoms with Crippen LogP contribution in [0, 0.1) is 6.92 Å². The average molecular weight is 630 g/mol. The Morgan fingerprint density at radius 1 is 0.977 bits per heavy atom. The molecule has 226 valence electrons. The number of morpholine rings is 1. The summed E-state index contributed by atoms with van der Waals surface area (Å²) >= 11 is 6.32. The largest absolute Gasteiger partial charge is 0.378 e. The Labute approximate surface area is 260 Å². The van der Waals surface area contributed by atoms with E-state index < -0.39 is 10.0 Å². The molecule has 2 aliphatic heterocycles. The molecule has 11 heteroatoms. The fourth-order valence-corrected chi connectivity index (χ4v) is 7.30. The molecule has 0 N–H and O–H groups in total. The first-order valence-corrected chi connectivity index (χ1v) is 16.5. The summed E-state index contributed by atoms with van der Waals surface area (Å²) in [6.07, 6.45) is 5.09. The van der Waals surface area contributed by atoms with Crippen molar-refractivity contribution in [2.45, 2.75) is 17.9 Å². The molecule has 7 rings (SSSR count). The summed E-state index contributed by atoms with van der Waals surface area (Å²) < 4.78 is 36.3. The zero-order chi connectivity index (χ0) is 30.4. The second kappa shape index (κ2) is 11.5. The van der Waals surface area contributed by atoms with Crippen molar-refractivity contribution in [1.29, 1.82) is 0 Å². The van der Waals surface area contributed by atoms with Crippen molar-refractivity contribution in [2.75, 3.05) is 50.8 Å². The van der Waals surface area contributed by atoms with E-state index in [9.17, 15) is 13.2 Å². The molecule has 5 heterocycles. The number of ether oxygens (including phenoxy) is 1. The Hall–Kier alpha value is -3.96. The summed E-state index contributed by atoms with van der Waals surface area (Å²) in [5.41, 5.74) is 4.15. The number of fused-ring (bicyclic) bond motifs is 1. The van der Waals surface area contributed by atoms with Gasteiger partial charge in [-0.15, -0.1) is 0 Å². The number of pyridine rings is 2. The molecule has 2 saturated heterocycles. The second-order valence-corrected chi connectivity index (χ2v) is 13.6. The number of benzene rings is 2. The van der Waals surface area contributed by atoms with Crippen molar-refractivity contribution in [3.05, 3.63) is 112 Å². The van der Waals surface area contributed by atoms with Crippen LogP contribution in [0.5, 0.6) is 0 Å². The lowest BCUT2D eigenvalue weighted by Gasteiger charge is -2.28. The first-order valence-electron chi connectivity index (χ1n) is 14.6. The van der Waals surface area contributed by atoms with Gasteiger partial charge in [-0.2, -0.15) is 0 Å². The first kappa shape index (κ1) is 28.8. The molecule has 1 atom stereocenters. The molecular formula is C33H32ClN5O4S. The van der Waals surface area contributed by atoms with Crippen LogP contribution in [0.25, 0.3) is 22.2 Å². The standard InChI is InChI=1S/C33H32ClN5O4S/c1-23-5-7-28(8-6-23)44(41,42)39-21-30(29-19-27(20-35-33(29)39)37-13-15-43-16-14-37)24-9-10-38(32(40)18-24)31(22-36-11-12-36)25-3-2-4-26(34)17-25/h2-10,17-21,31H,11-16,22H2,1H3. The van der Waals surface area contributed by atoms with E-state index in [1.807, 2.05) is 43.3 Å². The summed E-state index contributed by atoms with van der Waals surface area (Å²) in [5, 5.41) is 1.27. The topological polar surface area (TPSA) is 89.4 Å². The Morgan fingerprint density at radius 2 is 1.75 bits per heavy atom. The quantitative estimate of drug-likeness (QED) is 0.228. The fraction of sp³-hybridized carbons (Fsp3) is 0.273. The zero-order valence-corrected chi connectivity index (χ0v) is 25.8. The lowest BCUT2D eigenvalue weighted by molar-refractivity contribution is 0.122. The highest BCUT2D eigenvalue weighted by Gasteiger charge is 2.27. The van der Waals surface area contributed by atoms with Gasteiger partial charge in [-0.3, -0.25) is 9.69 Å². The summed E-state index contributed by atoms with van der Waals surface area (Å²) in [5.74, 6) is 0. The third kappa shape index (κ3) is 5.54. The van der Waals surface area contributed by atoms with Crippen molar-refractivity contribution >= 4 is 38.3 Å². The number of hydrogen-bond acceptors (Lipinski definition) is 7. The number of hydrogen-bond donors (Lipinski definition) is 0. The highest BCUT2D eigenvalue weighted by molar-refractivity contribution is 7.90. The van der Waals surface area contributed by atoms with Crippen LogP contribution in [0.15, 0.2) is 95.0 Å². The number of halogens is 1. The molecule has 0 aliphatic carbocycles. The van der Waals surface area contributed by atoms with Crippen LogP contribution in [0.2, 0.25) is 5.02 Å². The summed E-state index contributed by atoms with van der Waals surface area (Å²) in [4.78, 5) is 23.1. The van der Waals surface area contributed by atoms with E-state index in [2.05, 4.69) is 14.8 Å². The molecule has 9 nitrogen and oxygen atoms in total.